The summed E-state index contributed by atoms with van der Waals surface area (Å²) >= 11 is 5.42. The molecule has 1 aliphatic heterocycles. The molecule has 0 unspecified atom stereocenters. The van der Waals surface area contributed by atoms with Gasteiger partial charge in [0.1, 0.15) is 4.32 Å². The van der Waals surface area contributed by atoms with Crippen LogP contribution >= 0.6 is 27.3 Å². The van der Waals surface area contributed by atoms with Crippen LogP contribution in [0.5, 0.6) is 0 Å². The highest BCUT2D eigenvalue weighted by Crippen LogP contribution is 2.40. The molecule has 1 nitrogen and oxygen atoms in total. The van der Waals surface area contributed by atoms with E-state index in [1.807, 2.05) is 0 Å². The van der Waals surface area contributed by atoms with Crippen molar-refractivity contribution in [2.45, 2.75) is 4.32 Å². The molecular formula is C7H7BrOS. The smallest absolute Gasteiger partial charge is 0.106 e. The number of hydrogen-bond acceptors (Lipinski definition) is 2. The molecule has 3 heteroatoms. The van der Waals surface area contributed by atoms with E-state index in [1.54, 1.807) is 11.3 Å². The first-order chi connectivity index (χ1) is 4.81. The summed E-state index contributed by atoms with van der Waals surface area (Å²) in [5, 5.41) is 2.09. The topological polar surface area (TPSA) is 9.23 Å². The van der Waals surface area contributed by atoms with Gasteiger partial charge in [-0.25, -0.2) is 0 Å². The number of halogens is 1. The third-order valence-corrected chi connectivity index (χ3v) is 3.85. The lowest BCUT2D eigenvalue weighted by atomic mass is 10.1. The lowest BCUT2D eigenvalue weighted by Crippen LogP contribution is -2.40. The zero-order chi connectivity index (χ0) is 7.03. The van der Waals surface area contributed by atoms with Crippen molar-refractivity contribution >= 4 is 27.3 Å². The maximum absolute atomic E-state index is 5.12. The lowest BCUT2D eigenvalue weighted by molar-refractivity contribution is -0.00541. The van der Waals surface area contributed by atoms with E-state index >= 15 is 0 Å². The van der Waals surface area contributed by atoms with E-state index in [2.05, 4.69) is 33.4 Å². The number of thiophene rings is 1. The Labute approximate surface area is 72.1 Å². The monoisotopic (exact) mass is 218 g/mol. The van der Waals surface area contributed by atoms with Gasteiger partial charge in [-0.1, -0.05) is 22.0 Å². The maximum atomic E-state index is 5.12. The highest BCUT2D eigenvalue weighted by atomic mass is 79.9. The molecular weight excluding hydrogens is 212 g/mol. The molecule has 1 aromatic heterocycles. The zero-order valence-electron chi connectivity index (χ0n) is 5.34. The Hall–Kier alpha value is 0.140. The minimum atomic E-state index is 0.154. The van der Waals surface area contributed by atoms with Crippen LogP contribution in [0.4, 0.5) is 0 Å². The number of alkyl halides is 1. The maximum Gasteiger partial charge on any atom is 0.106 e. The van der Waals surface area contributed by atoms with Crippen molar-refractivity contribution in [3.05, 3.63) is 22.4 Å². The summed E-state index contributed by atoms with van der Waals surface area (Å²) in [5.41, 5.74) is 0. The quantitative estimate of drug-likeness (QED) is 0.659. The van der Waals surface area contributed by atoms with Crippen LogP contribution in [0.3, 0.4) is 0 Å². The Balaban J connectivity index is 2.27. The van der Waals surface area contributed by atoms with Crippen LogP contribution < -0.4 is 0 Å². The standard InChI is InChI=1S/C7H7BrOS/c8-7(4-9-5-7)6-2-1-3-10-6/h1-3H,4-5H2. The molecule has 0 N–H and O–H groups in total. The molecule has 1 aliphatic rings. The predicted molar refractivity (Wildman–Crippen MR) is 45.7 cm³/mol. The summed E-state index contributed by atoms with van der Waals surface area (Å²) in [6, 6.07) is 4.21. The highest BCUT2D eigenvalue weighted by molar-refractivity contribution is 9.09. The van der Waals surface area contributed by atoms with Gasteiger partial charge in [0, 0.05) is 4.88 Å². The van der Waals surface area contributed by atoms with E-state index < -0.39 is 0 Å². The number of rotatable bonds is 1. The SMILES string of the molecule is BrC1(c2cccs2)COC1. The summed E-state index contributed by atoms with van der Waals surface area (Å²) in [4.78, 5) is 1.37. The Kier molecular flexibility index (Phi) is 1.59. The fourth-order valence-electron chi connectivity index (χ4n) is 0.957. The molecule has 0 atom stereocenters. The fraction of sp³-hybridized carbons (Fsp3) is 0.429. The molecule has 1 aromatic rings. The minimum absolute atomic E-state index is 0.154. The van der Waals surface area contributed by atoms with Gasteiger partial charge in [0.25, 0.3) is 0 Å². The Morgan fingerprint density at radius 1 is 1.60 bits per heavy atom. The largest absolute Gasteiger partial charge is 0.378 e. The molecule has 0 aromatic carbocycles. The summed E-state index contributed by atoms with van der Waals surface area (Å²) in [6.07, 6.45) is 0. The van der Waals surface area contributed by atoms with Gasteiger partial charge in [0.2, 0.25) is 0 Å². The summed E-state index contributed by atoms with van der Waals surface area (Å²) in [5.74, 6) is 0. The Bertz CT molecular complexity index is 216. The first kappa shape index (κ1) is 6.83. The first-order valence-corrected chi connectivity index (χ1v) is 4.79. The fourth-order valence-corrected chi connectivity index (χ4v) is 2.48. The average Bonchev–Trinajstić information content (AvgIpc) is 2.33. The van der Waals surface area contributed by atoms with Gasteiger partial charge in [-0.15, -0.1) is 11.3 Å². The molecule has 10 heavy (non-hydrogen) atoms. The van der Waals surface area contributed by atoms with Gasteiger partial charge in [0.15, 0.2) is 0 Å². The molecule has 54 valence electrons. The number of hydrogen-bond donors (Lipinski definition) is 0. The summed E-state index contributed by atoms with van der Waals surface area (Å²) < 4.78 is 5.28. The van der Waals surface area contributed by atoms with Gasteiger partial charge < -0.3 is 4.74 Å². The second-order valence-corrected chi connectivity index (χ2v) is 4.90. The molecule has 2 heterocycles. The van der Waals surface area contributed by atoms with Crippen molar-refractivity contribution in [3.63, 3.8) is 0 Å². The van der Waals surface area contributed by atoms with Crippen LogP contribution in [-0.4, -0.2) is 13.2 Å². The molecule has 0 spiro atoms. The average molecular weight is 219 g/mol. The van der Waals surface area contributed by atoms with Crippen LogP contribution in [0, 0.1) is 0 Å². The molecule has 2 rings (SSSR count). The molecule has 0 amide bonds. The predicted octanol–water partition coefficient (Wildman–Crippen LogP) is 2.37. The highest BCUT2D eigenvalue weighted by Gasteiger charge is 2.38. The lowest BCUT2D eigenvalue weighted by Gasteiger charge is -2.34. The van der Waals surface area contributed by atoms with Crippen LogP contribution in [0.1, 0.15) is 4.88 Å². The van der Waals surface area contributed by atoms with Crippen LogP contribution in [0.25, 0.3) is 0 Å². The molecule has 1 saturated heterocycles. The van der Waals surface area contributed by atoms with Crippen LogP contribution in [-0.2, 0) is 9.06 Å². The molecule has 0 bridgehead atoms. The molecule has 1 fully saturated rings. The van der Waals surface area contributed by atoms with Gasteiger partial charge in [-0.3, -0.25) is 0 Å². The van der Waals surface area contributed by atoms with Crippen molar-refractivity contribution in [2.75, 3.05) is 13.2 Å². The van der Waals surface area contributed by atoms with Crippen LogP contribution in [0.2, 0.25) is 0 Å². The summed E-state index contributed by atoms with van der Waals surface area (Å²) in [6.45, 7) is 1.63. The van der Waals surface area contributed by atoms with E-state index in [9.17, 15) is 0 Å². The van der Waals surface area contributed by atoms with Crippen molar-refractivity contribution in [1.82, 2.24) is 0 Å². The second-order valence-electron chi connectivity index (χ2n) is 2.44. The van der Waals surface area contributed by atoms with Crippen molar-refractivity contribution in [1.29, 1.82) is 0 Å². The van der Waals surface area contributed by atoms with E-state index in [0.29, 0.717) is 0 Å². The van der Waals surface area contributed by atoms with Gasteiger partial charge >= 0.3 is 0 Å². The van der Waals surface area contributed by atoms with Gasteiger partial charge in [-0.2, -0.15) is 0 Å². The minimum Gasteiger partial charge on any atom is -0.378 e. The molecule has 0 saturated carbocycles. The van der Waals surface area contributed by atoms with E-state index in [-0.39, 0.29) is 4.32 Å². The van der Waals surface area contributed by atoms with Crippen molar-refractivity contribution in [2.24, 2.45) is 0 Å². The summed E-state index contributed by atoms with van der Waals surface area (Å²) in [7, 11) is 0. The zero-order valence-corrected chi connectivity index (χ0v) is 7.74. The normalized spacial score (nSPS) is 22.1. The van der Waals surface area contributed by atoms with E-state index in [1.165, 1.54) is 4.88 Å². The third-order valence-electron chi connectivity index (χ3n) is 1.62. The van der Waals surface area contributed by atoms with Crippen molar-refractivity contribution in [3.8, 4) is 0 Å². The van der Waals surface area contributed by atoms with Crippen molar-refractivity contribution < 1.29 is 4.74 Å². The Morgan fingerprint density at radius 3 is 2.80 bits per heavy atom. The van der Waals surface area contributed by atoms with Gasteiger partial charge in [0.05, 0.1) is 13.2 Å². The first-order valence-electron chi connectivity index (χ1n) is 3.12. The second kappa shape index (κ2) is 2.32. The number of ether oxygens (including phenoxy) is 1. The Morgan fingerprint density at radius 2 is 2.40 bits per heavy atom. The molecule has 0 aliphatic carbocycles. The van der Waals surface area contributed by atoms with Gasteiger partial charge in [-0.05, 0) is 11.4 Å². The third kappa shape index (κ3) is 0.929. The van der Waals surface area contributed by atoms with Crippen LogP contribution in [0.15, 0.2) is 17.5 Å². The van der Waals surface area contributed by atoms with E-state index in [4.69, 9.17) is 4.74 Å². The molecule has 0 radical (unpaired) electrons. The van der Waals surface area contributed by atoms with E-state index in [0.717, 1.165) is 13.2 Å².